The molecule has 0 bridgehead atoms. The molecule has 3 aromatic carbocycles. The van der Waals surface area contributed by atoms with Crippen LogP contribution in [-0.2, 0) is 9.53 Å². The highest BCUT2D eigenvalue weighted by Crippen LogP contribution is 2.38. The van der Waals surface area contributed by atoms with Crippen molar-refractivity contribution in [2.24, 2.45) is 0 Å². The number of ether oxygens (including phenoxy) is 3. The summed E-state index contributed by atoms with van der Waals surface area (Å²) in [7, 11) is 2.93. The Labute approximate surface area is 145 Å². The van der Waals surface area contributed by atoms with Crippen LogP contribution in [0.1, 0.15) is 22.8 Å². The van der Waals surface area contributed by atoms with Gasteiger partial charge in [-0.25, -0.2) is 4.79 Å². The maximum atomic E-state index is 12.1. The van der Waals surface area contributed by atoms with Crippen molar-refractivity contribution >= 4 is 33.5 Å². The van der Waals surface area contributed by atoms with Gasteiger partial charge in [0.1, 0.15) is 11.5 Å². The normalized spacial score (nSPS) is 10.7. The second-order valence-electron chi connectivity index (χ2n) is 5.71. The molecule has 0 aromatic heterocycles. The molecule has 0 atom stereocenters. The van der Waals surface area contributed by atoms with E-state index in [2.05, 4.69) is 0 Å². The lowest BCUT2D eigenvalue weighted by atomic mass is 9.94. The molecular weight excluding hydrogens is 320 g/mol. The van der Waals surface area contributed by atoms with E-state index in [9.17, 15) is 9.59 Å². The van der Waals surface area contributed by atoms with Gasteiger partial charge in [0.25, 0.3) is 0 Å². The van der Waals surface area contributed by atoms with Crippen LogP contribution in [0, 0.1) is 6.92 Å². The van der Waals surface area contributed by atoms with E-state index in [-0.39, 0.29) is 0 Å². The third kappa shape index (κ3) is 2.89. The quantitative estimate of drug-likeness (QED) is 0.410. The zero-order valence-electron chi connectivity index (χ0n) is 14.5. The summed E-state index contributed by atoms with van der Waals surface area (Å²) in [6.07, 6.45) is 0. The summed E-state index contributed by atoms with van der Waals surface area (Å²) in [6, 6.07) is 11.1. The number of esters is 2. The molecule has 3 aromatic rings. The minimum Gasteiger partial charge on any atom is -0.497 e. The first-order chi connectivity index (χ1) is 12.0. The highest BCUT2D eigenvalue weighted by Gasteiger charge is 2.19. The molecule has 0 radical (unpaired) electrons. The van der Waals surface area contributed by atoms with Crippen molar-refractivity contribution in [3.05, 3.63) is 47.5 Å². The zero-order valence-corrected chi connectivity index (χ0v) is 14.5. The van der Waals surface area contributed by atoms with E-state index in [0.29, 0.717) is 11.3 Å². The van der Waals surface area contributed by atoms with Crippen molar-refractivity contribution in [1.29, 1.82) is 0 Å². The van der Waals surface area contributed by atoms with Crippen molar-refractivity contribution in [2.45, 2.75) is 13.8 Å². The minimum atomic E-state index is -0.470. The fourth-order valence-electron chi connectivity index (χ4n) is 3.03. The van der Waals surface area contributed by atoms with E-state index < -0.39 is 11.9 Å². The summed E-state index contributed by atoms with van der Waals surface area (Å²) in [6.45, 7) is 3.18. The smallest absolute Gasteiger partial charge is 0.338 e. The van der Waals surface area contributed by atoms with Gasteiger partial charge in [0.2, 0.25) is 0 Å². The summed E-state index contributed by atoms with van der Waals surface area (Å²) in [5, 5.41) is 3.47. The zero-order chi connectivity index (χ0) is 18.1. The van der Waals surface area contributed by atoms with Crippen molar-refractivity contribution in [2.75, 3.05) is 14.2 Å². The second-order valence-corrected chi connectivity index (χ2v) is 5.71. The molecule has 0 saturated carbocycles. The van der Waals surface area contributed by atoms with E-state index in [1.165, 1.54) is 14.0 Å². The fourth-order valence-corrected chi connectivity index (χ4v) is 3.03. The number of carbonyl (C=O) groups is 2. The molecule has 0 aliphatic heterocycles. The van der Waals surface area contributed by atoms with Crippen LogP contribution in [0.5, 0.6) is 11.5 Å². The molecule has 0 heterocycles. The van der Waals surface area contributed by atoms with E-state index in [1.54, 1.807) is 13.2 Å². The summed E-state index contributed by atoms with van der Waals surface area (Å²) >= 11 is 0. The van der Waals surface area contributed by atoms with Crippen LogP contribution in [0.25, 0.3) is 21.5 Å². The Morgan fingerprint density at radius 1 is 0.960 bits per heavy atom. The molecule has 0 aliphatic carbocycles. The molecule has 128 valence electrons. The Hall–Kier alpha value is -3.08. The van der Waals surface area contributed by atoms with Crippen LogP contribution in [0.2, 0.25) is 0 Å². The van der Waals surface area contributed by atoms with Crippen LogP contribution in [0.15, 0.2) is 36.4 Å². The summed E-state index contributed by atoms with van der Waals surface area (Å²) < 4.78 is 15.5. The molecule has 0 amide bonds. The molecule has 3 rings (SSSR count). The molecule has 25 heavy (non-hydrogen) atoms. The van der Waals surface area contributed by atoms with Gasteiger partial charge in [-0.1, -0.05) is 12.1 Å². The standard InChI is InChI=1S/C20H18O5/c1-11-15-7-5-13-9-14(23-3)6-8-16(13)19(15)18(25-12(2)21)10-17(11)20(22)24-4/h5-10H,1-4H3. The van der Waals surface area contributed by atoms with Gasteiger partial charge >= 0.3 is 11.9 Å². The number of hydrogen-bond acceptors (Lipinski definition) is 5. The summed E-state index contributed by atoms with van der Waals surface area (Å²) in [4.78, 5) is 23.7. The van der Waals surface area contributed by atoms with E-state index in [1.807, 2.05) is 37.3 Å². The number of methoxy groups -OCH3 is 2. The first-order valence-electron chi connectivity index (χ1n) is 7.77. The molecule has 0 spiro atoms. The average molecular weight is 338 g/mol. The number of hydrogen-bond donors (Lipinski definition) is 0. The Morgan fingerprint density at radius 3 is 2.32 bits per heavy atom. The Morgan fingerprint density at radius 2 is 1.68 bits per heavy atom. The van der Waals surface area contributed by atoms with E-state index in [0.717, 1.165) is 32.9 Å². The number of benzene rings is 3. The van der Waals surface area contributed by atoms with E-state index >= 15 is 0 Å². The molecule has 0 N–H and O–H groups in total. The van der Waals surface area contributed by atoms with Gasteiger partial charge in [-0.3, -0.25) is 4.79 Å². The fraction of sp³-hybridized carbons (Fsp3) is 0.200. The van der Waals surface area contributed by atoms with Crippen molar-refractivity contribution in [1.82, 2.24) is 0 Å². The van der Waals surface area contributed by atoms with Crippen LogP contribution in [0.4, 0.5) is 0 Å². The van der Waals surface area contributed by atoms with Crippen molar-refractivity contribution < 1.29 is 23.8 Å². The van der Waals surface area contributed by atoms with Gasteiger partial charge in [-0.15, -0.1) is 0 Å². The van der Waals surface area contributed by atoms with Gasteiger partial charge < -0.3 is 14.2 Å². The van der Waals surface area contributed by atoms with Crippen molar-refractivity contribution in [3.63, 3.8) is 0 Å². The minimum absolute atomic E-state index is 0.337. The first-order valence-corrected chi connectivity index (χ1v) is 7.77. The van der Waals surface area contributed by atoms with Gasteiger partial charge in [-0.05, 0) is 52.9 Å². The predicted octanol–water partition coefficient (Wildman–Crippen LogP) is 4.02. The van der Waals surface area contributed by atoms with Crippen molar-refractivity contribution in [3.8, 4) is 11.5 Å². The van der Waals surface area contributed by atoms with Gasteiger partial charge in [-0.2, -0.15) is 0 Å². The first kappa shape index (κ1) is 16.8. The number of fused-ring (bicyclic) bond motifs is 3. The lowest BCUT2D eigenvalue weighted by Crippen LogP contribution is -2.08. The van der Waals surface area contributed by atoms with Crippen LogP contribution in [0.3, 0.4) is 0 Å². The summed E-state index contributed by atoms with van der Waals surface area (Å²) in [5.74, 6) is 0.155. The topological polar surface area (TPSA) is 61.8 Å². The summed E-state index contributed by atoms with van der Waals surface area (Å²) in [5.41, 5.74) is 1.15. The maximum absolute atomic E-state index is 12.1. The van der Waals surface area contributed by atoms with E-state index in [4.69, 9.17) is 14.2 Å². The predicted molar refractivity (Wildman–Crippen MR) is 95.4 cm³/mol. The third-order valence-electron chi connectivity index (χ3n) is 4.22. The monoisotopic (exact) mass is 338 g/mol. The third-order valence-corrected chi connectivity index (χ3v) is 4.22. The van der Waals surface area contributed by atoms with Crippen LogP contribution in [-0.4, -0.2) is 26.2 Å². The Bertz CT molecular complexity index is 1000. The largest absolute Gasteiger partial charge is 0.497 e. The lowest BCUT2D eigenvalue weighted by Gasteiger charge is -2.15. The number of rotatable bonds is 3. The molecule has 5 heteroatoms. The maximum Gasteiger partial charge on any atom is 0.338 e. The van der Waals surface area contributed by atoms with Gasteiger partial charge in [0, 0.05) is 12.3 Å². The Kier molecular flexibility index (Phi) is 4.31. The van der Waals surface area contributed by atoms with Gasteiger partial charge in [0.05, 0.1) is 19.8 Å². The average Bonchev–Trinajstić information content (AvgIpc) is 2.61. The van der Waals surface area contributed by atoms with Crippen LogP contribution < -0.4 is 9.47 Å². The van der Waals surface area contributed by atoms with Gasteiger partial charge in [0.15, 0.2) is 0 Å². The molecule has 5 nitrogen and oxygen atoms in total. The number of aryl methyl sites for hydroxylation is 1. The SMILES string of the molecule is COC(=O)c1cc(OC(C)=O)c2c(ccc3cc(OC)ccc32)c1C. The molecular formula is C20H18O5. The highest BCUT2D eigenvalue weighted by atomic mass is 16.5. The molecule has 0 aliphatic rings. The van der Waals surface area contributed by atoms with Crippen LogP contribution >= 0.6 is 0 Å². The number of carbonyl (C=O) groups excluding carboxylic acids is 2. The lowest BCUT2D eigenvalue weighted by molar-refractivity contribution is -0.131. The molecule has 0 unspecified atom stereocenters. The Balaban J connectivity index is 2.43. The molecule has 0 fully saturated rings. The highest BCUT2D eigenvalue weighted by molar-refractivity contribution is 6.14. The second kappa shape index (κ2) is 6.43. The molecule has 0 saturated heterocycles.